The van der Waals surface area contributed by atoms with Crippen LogP contribution in [0.1, 0.15) is 252 Å². The van der Waals surface area contributed by atoms with Crippen molar-refractivity contribution in [2.45, 2.75) is 258 Å². The lowest BCUT2D eigenvalue weighted by atomic mass is 10.1. The van der Waals surface area contributed by atoms with Crippen molar-refractivity contribution in [2.24, 2.45) is 0 Å². The van der Waals surface area contributed by atoms with E-state index in [1.165, 1.54) is 77.0 Å². The van der Waals surface area contributed by atoms with Crippen molar-refractivity contribution in [3.05, 3.63) is 182 Å². The van der Waals surface area contributed by atoms with Crippen LogP contribution < -0.4 is 0 Å². The molecule has 81 heavy (non-hydrogen) atoms. The molecule has 0 N–H and O–H groups in total. The second-order valence-corrected chi connectivity index (χ2v) is 20.5. The predicted octanol–water partition coefficient (Wildman–Crippen LogP) is 22.4. The van der Waals surface area contributed by atoms with Crippen LogP contribution in [0.25, 0.3) is 0 Å². The molecule has 0 fully saturated rings. The molecule has 0 bridgehead atoms. The molecule has 0 spiro atoms. The maximum absolute atomic E-state index is 12.9. The highest BCUT2D eigenvalue weighted by molar-refractivity contribution is 5.71. The third-order valence-electron chi connectivity index (χ3n) is 12.9. The molecule has 0 aliphatic rings. The van der Waals surface area contributed by atoms with Crippen molar-refractivity contribution >= 4 is 17.9 Å². The van der Waals surface area contributed by atoms with Gasteiger partial charge in [-0.05, 0) is 148 Å². The SMILES string of the molecule is CC/C=C\C/C=C\C/C=C\C/C=C\C/C=C\C/C=C\C/C=C\C/C=C\C/C=C\C/C=C\CCCCC(=O)OCC(COC(=O)CC/C=C\C/C=C\C/C=C\C/C=C\CC)OC(=O)CCCCCCCCC/C=C\CCCCCCCC. The van der Waals surface area contributed by atoms with Crippen molar-refractivity contribution in [2.75, 3.05) is 13.2 Å². The Labute approximate surface area is 497 Å². The average molecular weight is 1110 g/mol. The Morgan fingerprint density at radius 2 is 0.506 bits per heavy atom. The lowest BCUT2D eigenvalue weighted by Crippen LogP contribution is -2.30. The van der Waals surface area contributed by atoms with E-state index in [-0.39, 0.29) is 44.0 Å². The molecule has 452 valence electrons. The highest BCUT2D eigenvalue weighted by Crippen LogP contribution is 2.13. The molecule has 0 aromatic heterocycles. The first-order chi connectivity index (χ1) is 40.0. The molecule has 0 saturated heterocycles. The molecule has 0 amide bonds. The van der Waals surface area contributed by atoms with Crippen LogP contribution in [0.4, 0.5) is 0 Å². The summed E-state index contributed by atoms with van der Waals surface area (Å²) in [5.41, 5.74) is 0. The lowest BCUT2D eigenvalue weighted by molar-refractivity contribution is -0.166. The summed E-state index contributed by atoms with van der Waals surface area (Å²) in [5.74, 6) is -1.07. The maximum atomic E-state index is 12.9. The number of rotatable bonds is 56. The Balaban J connectivity index is 4.45. The van der Waals surface area contributed by atoms with E-state index in [2.05, 4.69) is 191 Å². The van der Waals surface area contributed by atoms with Gasteiger partial charge in [0.1, 0.15) is 13.2 Å². The van der Waals surface area contributed by atoms with E-state index < -0.39 is 6.10 Å². The van der Waals surface area contributed by atoms with Gasteiger partial charge in [0.2, 0.25) is 0 Å². The van der Waals surface area contributed by atoms with Gasteiger partial charge in [0.25, 0.3) is 0 Å². The molecular formula is C75H116O6. The number of carbonyl (C=O) groups excluding carboxylic acids is 3. The van der Waals surface area contributed by atoms with Crippen LogP contribution in [-0.4, -0.2) is 37.2 Å². The third-order valence-corrected chi connectivity index (χ3v) is 12.9. The van der Waals surface area contributed by atoms with E-state index in [1.807, 2.05) is 12.2 Å². The average Bonchev–Trinajstić information content (AvgIpc) is 3.46. The minimum Gasteiger partial charge on any atom is -0.462 e. The number of ether oxygens (including phenoxy) is 3. The Hall–Kier alpha value is -5.49. The number of carbonyl (C=O) groups is 3. The van der Waals surface area contributed by atoms with Crippen LogP contribution in [-0.2, 0) is 28.6 Å². The molecular weight excluding hydrogens is 997 g/mol. The molecule has 0 rings (SSSR count). The summed E-state index contributed by atoms with van der Waals surface area (Å²) in [7, 11) is 0. The summed E-state index contributed by atoms with van der Waals surface area (Å²) in [6, 6.07) is 0. The normalized spacial score (nSPS) is 13.4. The zero-order chi connectivity index (χ0) is 58.5. The van der Waals surface area contributed by atoms with Gasteiger partial charge in [-0.3, -0.25) is 14.4 Å². The van der Waals surface area contributed by atoms with E-state index >= 15 is 0 Å². The van der Waals surface area contributed by atoms with Crippen LogP contribution in [0.15, 0.2) is 182 Å². The van der Waals surface area contributed by atoms with Crippen LogP contribution in [0.2, 0.25) is 0 Å². The zero-order valence-corrected chi connectivity index (χ0v) is 51.7. The number of unbranched alkanes of at least 4 members (excludes halogenated alkanes) is 15. The standard InChI is InChI=1S/C75H116O6/c1-4-7-10-13-16-19-22-25-27-29-30-31-32-33-34-35-36-37-38-39-40-41-42-43-44-46-47-50-53-56-59-62-65-68-74(77)80-71-72(70-79-73(76)67-64-61-58-55-52-49-24-21-18-15-12-9-6-3)81-75(78)69-66-63-60-57-54-51-48-45-28-26-23-20-17-14-11-8-5-2/h7,9-10,12,16,18-19,21,25-28,30-31,33-34,36-37,39-40,42-43,46-47,49,52-53,56,58,61,72H,4-6,8,11,13-15,17,20,22-24,29,32,35,38,41,44-45,48,50-51,54-55,57,59-60,62-71H2,1-3H3/b10-7-,12-9-,19-16-,21-18-,27-25-,28-26-,31-30-,34-33-,37-36-,40-39-,43-42-,47-46-,52-49-,56-53-,61-58-. The van der Waals surface area contributed by atoms with Gasteiger partial charge in [-0.15, -0.1) is 0 Å². The van der Waals surface area contributed by atoms with Gasteiger partial charge in [0, 0.05) is 19.3 Å². The smallest absolute Gasteiger partial charge is 0.306 e. The van der Waals surface area contributed by atoms with E-state index in [0.717, 1.165) is 122 Å². The van der Waals surface area contributed by atoms with Gasteiger partial charge in [0.05, 0.1) is 0 Å². The molecule has 0 aromatic carbocycles. The van der Waals surface area contributed by atoms with E-state index in [1.54, 1.807) is 0 Å². The molecule has 0 aliphatic heterocycles. The van der Waals surface area contributed by atoms with Gasteiger partial charge in [-0.25, -0.2) is 0 Å². The van der Waals surface area contributed by atoms with Crippen molar-refractivity contribution in [1.29, 1.82) is 0 Å². The Bertz CT molecular complexity index is 1900. The Kier molecular flexibility index (Phi) is 62.5. The minimum atomic E-state index is -0.837. The van der Waals surface area contributed by atoms with Gasteiger partial charge < -0.3 is 14.2 Å². The fourth-order valence-corrected chi connectivity index (χ4v) is 8.12. The van der Waals surface area contributed by atoms with Crippen LogP contribution >= 0.6 is 0 Å². The van der Waals surface area contributed by atoms with Crippen molar-refractivity contribution < 1.29 is 28.6 Å². The molecule has 0 aromatic rings. The third kappa shape index (κ3) is 65.2. The summed E-state index contributed by atoms with van der Waals surface area (Å²) in [4.78, 5) is 38.2. The second kappa shape index (κ2) is 67.0. The summed E-state index contributed by atoms with van der Waals surface area (Å²) in [6.07, 6.45) is 101. The first-order valence-electron chi connectivity index (χ1n) is 32.3. The fourth-order valence-electron chi connectivity index (χ4n) is 8.12. The maximum Gasteiger partial charge on any atom is 0.306 e. The second-order valence-electron chi connectivity index (χ2n) is 20.5. The summed E-state index contributed by atoms with van der Waals surface area (Å²) >= 11 is 0. The quantitative estimate of drug-likeness (QED) is 0.0261. The molecule has 0 aliphatic carbocycles. The van der Waals surface area contributed by atoms with Gasteiger partial charge in [0.15, 0.2) is 6.10 Å². The van der Waals surface area contributed by atoms with Crippen molar-refractivity contribution in [1.82, 2.24) is 0 Å². The molecule has 6 nitrogen and oxygen atoms in total. The van der Waals surface area contributed by atoms with Gasteiger partial charge >= 0.3 is 17.9 Å². The number of hydrogen-bond acceptors (Lipinski definition) is 6. The van der Waals surface area contributed by atoms with E-state index in [4.69, 9.17) is 14.2 Å². The molecule has 6 heteroatoms. The first-order valence-corrected chi connectivity index (χ1v) is 32.3. The minimum absolute atomic E-state index is 0.133. The van der Waals surface area contributed by atoms with Crippen molar-refractivity contribution in [3.8, 4) is 0 Å². The lowest BCUT2D eigenvalue weighted by Gasteiger charge is -2.18. The molecule has 0 heterocycles. The summed E-state index contributed by atoms with van der Waals surface area (Å²) < 4.78 is 16.8. The summed E-state index contributed by atoms with van der Waals surface area (Å²) in [6.45, 7) is 6.29. The van der Waals surface area contributed by atoms with Gasteiger partial charge in [-0.1, -0.05) is 267 Å². The van der Waals surface area contributed by atoms with E-state index in [0.29, 0.717) is 19.3 Å². The van der Waals surface area contributed by atoms with E-state index in [9.17, 15) is 14.4 Å². The zero-order valence-electron chi connectivity index (χ0n) is 51.7. The summed E-state index contributed by atoms with van der Waals surface area (Å²) in [5, 5.41) is 0. The number of allylic oxidation sites excluding steroid dienone is 30. The first kappa shape index (κ1) is 75.5. The monoisotopic (exact) mass is 1110 g/mol. The topological polar surface area (TPSA) is 78.9 Å². The molecule has 0 saturated carbocycles. The van der Waals surface area contributed by atoms with Crippen LogP contribution in [0.5, 0.6) is 0 Å². The molecule has 0 radical (unpaired) electrons. The van der Waals surface area contributed by atoms with Crippen LogP contribution in [0.3, 0.4) is 0 Å². The van der Waals surface area contributed by atoms with Crippen LogP contribution in [0, 0.1) is 0 Å². The highest BCUT2D eigenvalue weighted by Gasteiger charge is 2.19. The number of hydrogen-bond donors (Lipinski definition) is 0. The highest BCUT2D eigenvalue weighted by atomic mass is 16.6. The predicted molar refractivity (Wildman–Crippen MR) is 352 cm³/mol. The Morgan fingerprint density at radius 3 is 0.864 bits per heavy atom. The van der Waals surface area contributed by atoms with Crippen molar-refractivity contribution in [3.63, 3.8) is 0 Å². The fraction of sp³-hybridized carbons (Fsp3) is 0.560. The molecule has 1 unspecified atom stereocenters. The van der Waals surface area contributed by atoms with Gasteiger partial charge in [-0.2, -0.15) is 0 Å². The largest absolute Gasteiger partial charge is 0.462 e. The number of esters is 3. The Morgan fingerprint density at radius 1 is 0.259 bits per heavy atom. The molecule has 1 atom stereocenters.